The van der Waals surface area contributed by atoms with Crippen LogP contribution in [0.4, 0.5) is 4.39 Å². The first-order valence-electron chi connectivity index (χ1n) is 6.22. The van der Waals surface area contributed by atoms with E-state index in [-0.39, 0.29) is 17.8 Å². The van der Waals surface area contributed by atoms with E-state index in [0.29, 0.717) is 22.0 Å². The lowest BCUT2D eigenvalue weighted by molar-refractivity contribution is 0.0753. The van der Waals surface area contributed by atoms with Gasteiger partial charge in [0.1, 0.15) is 15.7 Å². The fraction of sp³-hybridized carbons (Fsp3) is 0.286. The maximum absolute atomic E-state index is 13.7. The molecule has 0 aliphatic carbocycles. The number of carbonyl (C=O) groups is 1. The number of halogens is 1. The van der Waals surface area contributed by atoms with E-state index in [1.165, 1.54) is 23.6 Å². The summed E-state index contributed by atoms with van der Waals surface area (Å²) < 4.78 is 13.7. The second kappa shape index (κ2) is 6.11. The highest BCUT2D eigenvalue weighted by atomic mass is 32.1. The van der Waals surface area contributed by atoms with Crippen molar-refractivity contribution in [3.63, 3.8) is 0 Å². The third kappa shape index (κ3) is 2.86. The molecule has 1 atom stereocenters. The lowest BCUT2D eigenvalue weighted by atomic mass is 10.2. The first kappa shape index (κ1) is 14.6. The Balaban J connectivity index is 2.26. The standard InChI is InChI=1S/C14H16FN3OS/c1-9(7-16)18(2)14(19)12-8-17-13(20-12)10-5-3-4-6-11(10)15/h3-6,8-9H,7,16H2,1-2H3. The molecule has 1 heterocycles. The van der Waals surface area contributed by atoms with Gasteiger partial charge in [-0.2, -0.15) is 0 Å². The van der Waals surface area contributed by atoms with E-state index in [1.54, 1.807) is 30.1 Å². The van der Waals surface area contributed by atoms with Crippen molar-refractivity contribution >= 4 is 17.2 Å². The Hall–Kier alpha value is -1.79. The lowest BCUT2D eigenvalue weighted by Gasteiger charge is -2.22. The zero-order chi connectivity index (χ0) is 14.7. The molecular weight excluding hydrogens is 277 g/mol. The number of amides is 1. The highest BCUT2D eigenvalue weighted by Crippen LogP contribution is 2.27. The minimum atomic E-state index is -0.343. The van der Waals surface area contributed by atoms with Crippen LogP contribution in [-0.4, -0.2) is 35.4 Å². The summed E-state index contributed by atoms with van der Waals surface area (Å²) in [6.07, 6.45) is 1.48. The molecule has 1 amide bonds. The average molecular weight is 293 g/mol. The second-order valence-electron chi connectivity index (χ2n) is 4.51. The number of nitrogens with two attached hydrogens (primary N) is 1. The Kier molecular flexibility index (Phi) is 4.46. The topological polar surface area (TPSA) is 59.2 Å². The van der Waals surface area contributed by atoms with Crippen molar-refractivity contribution in [2.45, 2.75) is 13.0 Å². The number of hydrogen-bond acceptors (Lipinski definition) is 4. The van der Waals surface area contributed by atoms with E-state index in [9.17, 15) is 9.18 Å². The summed E-state index contributed by atoms with van der Waals surface area (Å²) in [7, 11) is 1.70. The molecule has 2 N–H and O–H groups in total. The van der Waals surface area contributed by atoms with E-state index >= 15 is 0 Å². The van der Waals surface area contributed by atoms with Gasteiger partial charge < -0.3 is 10.6 Å². The van der Waals surface area contributed by atoms with Gasteiger partial charge in [0, 0.05) is 25.2 Å². The van der Waals surface area contributed by atoms with Crippen molar-refractivity contribution in [3.8, 4) is 10.6 Å². The molecule has 0 radical (unpaired) electrons. The number of aromatic nitrogens is 1. The van der Waals surface area contributed by atoms with Crippen LogP contribution in [0.25, 0.3) is 10.6 Å². The Bertz CT molecular complexity index is 614. The molecule has 6 heteroatoms. The summed E-state index contributed by atoms with van der Waals surface area (Å²) in [5, 5.41) is 0.500. The normalized spacial score (nSPS) is 12.2. The highest BCUT2D eigenvalue weighted by Gasteiger charge is 2.20. The molecular formula is C14H16FN3OS. The van der Waals surface area contributed by atoms with Crippen LogP contribution < -0.4 is 5.73 Å². The van der Waals surface area contributed by atoms with Crippen LogP contribution in [0.3, 0.4) is 0 Å². The van der Waals surface area contributed by atoms with Gasteiger partial charge in [0.15, 0.2) is 0 Å². The summed E-state index contributed by atoms with van der Waals surface area (Å²) in [6.45, 7) is 2.26. The fourth-order valence-electron chi connectivity index (χ4n) is 1.66. The molecule has 1 unspecified atom stereocenters. The van der Waals surface area contributed by atoms with Crippen LogP contribution in [0.15, 0.2) is 30.5 Å². The molecule has 0 saturated carbocycles. The van der Waals surface area contributed by atoms with Crippen LogP contribution in [0.2, 0.25) is 0 Å². The van der Waals surface area contributed by atoms with Crippen molar-refractivity contribution in [1.29, 1.82) is 0 Å². The van der Waals surface area contributed by atoms with Gasteiger partial charge in [-0.25, -0.2) is 9.37 Å². The van der Waals surface area contributed by atoms with Crippen LogP contribution in [-0.2, 0) is 0 Å². The number of hydrogen-bond donors (Lipinski definition) is 1. The third-order valence-electron chi connectivity index (χ3n) is 3.14. The van der Waals surface area contributed by atoms with Gasteiger partial charge in [-0.3, -0.25) is 4.79 Å². The number of likely N-dealkylation sites (N-methyl/N-ethyl adjacent to an activating group) is 1. The smallest absolute Gasteiger partial charge is 0.265 e. The first-order valence-corrected chi connectivity index (χ1v) is 7.04. The number of rotatable bonds is 4. The highest BCUT2D eigenvalue weighted by molar-refractivity contribution is 7.16. The lowest BCUT2D eigenvalue weighted by Crippen LogP contribution is -2.39. The van der Waals surface area contributed by atoms with Crippen molar-refractivity contribution in [2.24, 2.45) is 5.73 Å². The van der Waals surface area contributed by atoms with Gasteiger partial charge in [0.2, 0.25) is 0 Å². The van der Waals surface area contributed by atoms with Crippen molar-refractivity contribution in [3.05, 3.63) is 41.2 Å². The Morgan fingerprint density at radius 3 is 2.85 bits per heavy atom. The molecule has 1 aromatic heterocycles. The fourth-order valence-corrected chi connectivity index (χ4v) is 2.59. The van der Waals surface area contributed by atoms with E-state index in [4.69, 9.17) is 5.73 Å². The van der Waals surface area contributed by atoms with Gasteiger partial charge >= 0.3 is 0 Å². The molecule has 2 rings (SSSR count). The molecule has 106 valence electrons. The number of carbonyl (C=O) groups excluding carboxylic acids is 1. The monoisotopic (exact) mass is 293 g/mol. The molecule has 0 fully saturated rings. The number of thiazole rings is 1. The summed E-state index contributed by atoms with van der Waals surface area (Å²) in [5.41, 5.74) is 5.96. The van der Waals surface area contributed by atoms with Gasteiger partial charge in [-0.15, -0.1) is 11.3 Å². The van der Waals surface area contributed by atoms with Gasteiger partial charge in [0.25, 0.3) is 5.91 Å². The van der Waals surface area contributed by atoms with Gasteiger partial charge in [-0.1, -0.05) is 12.1 Å². The Morgan fingerprint density at radius 2 is 2.20 bits per heavy atom. The van der Waals surface area contributed by atoms with Crippen LogP contribution in [0.1, 0.15) is 16.6 Å². The van der Waals surface area contributed by atoms with Crippen LogP contribution >= 0.6 is 11.3 Å². The van der Waals surface area contributed by atoms with Crippen molar-refractivity contribution < 1.29 is 9.18 Å². The maximum Gasteiger partial charge on any atom is 0.265 e. The first-order chi connectivity index (χ1) is 9.54. The predicted octanol–water partition coefficient (Wildman–Crippen LogP) is 2.37. The predicted molar refractivity (Wildman–Crippen MR) is 78.1 cm³/mol. The molecule has 20 heavy (non-hydrogen) atoms. The SMILES string of the molecule is CC(CN)N(C)C(=O)c1cnc(-c2ccccc2F)s1. The molecule has 0 aliphatic heterocycles. The molecule has 0 saturated heterocycles. The molecule has 4 nitrogen and oxygen atoms in total. The minimum absolute atomic E-state index is 0.0542. The largest absolute Gasteiger partial charge is 0.337 e. The van der Waals surface area contributed by atoms with Crippen molar-refractivity contribution in [1.82, 2.24) is 9.88 Å². The maximum atomic E-state index is 13.7. The number of nitrogens with zero attached hydrogens (tertiary/aromatic N) is 2. The quantitative estimate of drug-likeness (QED) is 0.941. The summed E-state index contributed by atoms with van der Waals surface area (Å²) >= 11 is 1.18. The molecule has 2 aromatic rings. The third-order valence-corrected chi connectivity index (χ3v) is 4.16. The van der Waals surface area contributed by atoms with Gasteiger partial charge in [0.05, 0.1) is 6.20 Å². The van der Waals surface area contributed by atoms with E-state index in [1.807, 2.05) is 6.92 Å². The molecule has 1 aromatic carbocycles. The summed E-state index contributed by atoms with van der Waals surface area (Å²) in [5.74, 6) is -0.493. The van der Waals surface area contributed by atoms with Gasteiger partial charge in [-0.05, 0) is 19.1 Å². The zero-order valence-electron chi connectivity index (χ0n) is 11.3. The van der Waals surface area contributed by atoms with E-state index in [0.717, 1.165) is 0 Å². The number of benzene rings is 1. The molecule has 0 aliphatic rings. The minimum Gasteiger partial charge on any atom is -0.337 e. The van der Waals surface area contributed by atoms with Crippen LogP contribution in [0.5, 0.6) is 0 Å². The molecule has 0 bridgehead atoms. The Labute approximate surface area is 121 Å². The van der Waals surface area contributed by atoms with E-state index in [2.05, 4.69) is 4.98 Å². The summed E-state index contributed by atoms with van der Waals surface area (Å²) in [4.78, 5) is 18.4. The van der Waals surface area contributed by atoms with E-state index < -0.39 is 0 Å². The zero-order valence-corrected chi connectivity index (χ0v) is 12.2. The van der Waals surface area contributed by atoms with Crippen molar-refractivity contribution in [2.75, 3.05) is 13.6 Å². The van der Waals surface area contributed by atoms with Crippen LogP contribution in [0, 0.1) is 5.82 Å². The molecule has 0 spiro atoms. The summed E-state index contributed by atoms with van der Waals surface area (Å²) in [6, 6.07) is 6.33. The Morgan fingerprint density at radius 1 is 1.50 bits per heavy atom. The second-order valence-corrected chi connectivity index (χ2v) is 5.54. The average Bonchev–Trinajstić information content (AvgIpc) is 2.94.